The molecule has 9 heteroatoms. The number of H-pyrrole nitrogens is 1. The molecule has 0 fully saturated rings. The number of hydrogen-bond acceptors (Lipinski definition) is 3. The van der Waals surface area contributed by atoms with E-state index in [-0.39, 0.29) is 15.5 Å². The average molecular weight is 310 g/mol. The smallest absolute Gasteiger partial charge is 0.334 e. The van der Waals surface area contributed by atoms with Crippen molar-refractivity contribution in [2.24, 2.45) is 0 Å². The Morgan fingerprint density at radius 3 is 2.59 bits per heavy atom. The highest BCUT2D eigenvalue weighted by molar-refractivity contribution is 9.10. The zero-order valence-corrected chi connectivity index (χ0v) is 9.46. The number of rotatable bonds is 1. The van der Waals surface area contributed by atoms with Gasteiger partial charge in [-0.3, -0.25) is 10.1 Å². The fourth-order valence-corrected chi connectivity index (χ4v) is 1.81. The van der Waals surface area contributed by atoms with E-state index in [0.717, 1.165) is 0 Å². The summed E-state index contributed by atoms with van der Waals surface area (Å²) in [5.74, 6) is -1.26. The maximum atomic E-state index is 12.4. The quantitative estimate of drug-likeness (QED) is 0.649. The highest BCUT2D eigenvalue weighted by Gasteiger charge is 2.36. The summed E-state index contributed by atoms with van der Waals surface area (Å²) in [6.07, 6.45) is -4.67. The number of benzene rings is 1. The van der Waals surface area contributed by atoms with Crippen molar-refractivity contribution >= 4 is 32.7 Å². The molecular formula is C8H3BrF3N3O2. The summed E-state index contributed by atoms with van der Waals surface area (Å²) in [5, 5.41) is 10.7. The van der Waals surface area contributed by atoms with E-state index in [4.69, 9.17) is 0 Å². The molecule has 2 rings (SSSR count). The zero-order valence-electron chi connectivity index (χ0n) is 7.88. The van der Waals surface area contributed by atoms with Crippen molar-refractivity contribution in [2.45, 2.75) is 6.18 Å². The van der Waals surface area contributed by atoms with Crippen LogP contribution in [0.5, 0.6) is 0 Å². The number of halogens is 4. The highest BCUT2D eigenvalue weighted by atomic mass is 79.9. The van der Waals surface area contributed by atoms with Gasteiger partial charge in [0, 0.05) is 0 Å². The van der Waals surface area contributed by atoms with Crippen LogP contribution < -0.4 is 0 Å². The summed E-state index contributed by atoms with van der Waals surface area (Å²) in [4.78, 5) is 15.2. The molecule has 0 aliphatic heterocycles. The minimum atomic E-state index is -4.67. The van der Waals surface area contributed by atoms with Gasteiger partial charge in [0.2, 0.25) is 5.82 Å². The van der Waals surface area contributed by atoms with Crippen molar-refractivity contribution in [1.29, 1.82) is 0 Å². The topological polar surface area (TPSA) is 71.8 Å². The van der Waals surface area contributed by atoms with Gasteiger partial charge < -0.3 is 4.98 Å². The molecule has 1 aromatic carbocycles. The van der Waals surface area contributed by atoms with Crippen molar-refractivity contribution < 1.29 is 18.1 Å². The second-order valence-corrected chi connectivity index (χ2v) is 3.99. The van der Waals surface area contributed by atoms with Crippen molar-refractivity contribution in [3.05, 3.63) is 32.5 Å². The molecule has 0 bridgehead atoms. The third-order valence-corrected chi connectivity index (χ3v) is 2.67. The molecule has 90 valence electrons. The molecule has 0 saturated carbocycles. The Hall–Kier alpha value is -1.64. The lowest BCUT2D eigenvalue weighted by atomic mass is 10.3. The number of nitrogens with one attached hydrogen (secondary N) is 1. The minimum absolute atomic E-state index is 0.0350. The van der Waals surface area contributed by atoms with E-state index in [9.17, 15) is 23.3 Å². The Balaban J connectivity index is 2.78. The fourth-order valence-electron chi connectivity index (χ4n) is 1.34. The number of aromatic nitrogens is 2. The van der Waals surface area contributed by atoms with Crippen LogP contribution >= 0.6 is 15.9 Å². The highest BCUT2D eigenvalue weighted by Crippen LogP contribution is 2.35. The Labute approximate surface area is 99.9 Å². The van der Waals surface area contributed by atoms with Gasteiger partial charge in [0.05, 0.1) is 14.9 Å². The third-order valence-electron chi connectivity index (χ3n) is 2.03. The molecule has 1 N–H and O–H groups in total. The van der Waals surface area contributed by atoms with Gasteiger partial charge in [-0.15, -0.1) is 0 Å². The predicted octanol–water partition coefficient (Wildman–Crippen LogP) is 3.25. The van der Waals surface area contributed by atoms with E-state index in [1.807, 2.05) is 4.98 Å². The molecule has 0 saturated heterocycles. The third kappa shape index (κ3) is 1.97. The summed E-state index contributed by atoms with van der Waals surface area (Å²) in [6.45, 7) is 0. The number of hydrogen-bond donors (Lipinski definition) is 1. The summed E-state index contributed by atoms with van der Waals surface area (Å²) >= 11 is 2.90. The van der Waals surface area contributed by atoms with Crippen molar-refractivity contribution in [2.75, 3.05) is 0 Å². The van der Waals surface area contributed by atoms with E-state index in [1.54, 1.807) is 0 Å². The molecule has 0 radical (unpaired) electrons. The van der Waals surface area contributed by atoms with Crippen LogP contribution in [-0.2, 0) is 6.18 Å². The zero-order chi connectivity index (χ0) is 12.8. The molecule has 1 heterocycles. The van der Waals surface area contributed by atoms with Gasteiger partial charge >= 0.3 is 11.9 Å². The SMILES string of the molecule is O=[N+]([O-])c1c(Br)ccc2[nH]c(C(F)(F)F)nc12. The second-order valence-electron chi connectivity index (χ2n) is 3.13. The lowest BCUT2D eigenvalue weighted by Crippen LogP contribution is -2.06. The van der Waals surface area contributed by atoms with E-state index in [2.05, 4.69) is 20.9 Å². The Kier molecular flexibility index (Phi) is 2.57. The molecule has 0 amide bonds. The fraction of sp³-hybridized carbons (Fsp3) is 0.125. The Bertz CT molecular complexity index is 608. The molecule has 2 aromatic rings. The lowest BCUT2D eigenvalue weighted by molar-refractivity contribution is -0.384. The number of alkyl halides is 3. The molecule has 0 spiro atoms. The molecule has 0 aliphatic carbocycles. The maximum Gasteiger partial charge on any atom is 0.449 e. The first-order valence-corrected chi connectivity index (χ1v) is 5.00. The van der Waals surface area contributed by atoms with Gasteiger partial charge in [0.15, 0.2) is 5.52 Å². The normalized spacial score (nSPS) is 12.0. The van der Waals surface area contributed by atoms with E-state index in [0.29, 0.717) is 0 Å². The molecule has 5 nitrogen and oxygen atoms in total. The number of nitrogens with zero attached hydrogens (tertiary/aromatic N) is 2. The van der Waals surface area contributed by atoms with Gasteiger partial charge in [0.1, 0.15) is 0 Å². The van der Waals surface area contributed by atoms with Crippen LogP contribution in [0.2, 0.25) is 0 Å². The number of nitro groups is 1. The average Bonchev–Trinajstić information content (AvgIpc) is 2.59. The van der Waals surface area contributed by atoms with Crippen LogP contribution in [0, 0.1) is 10.1 Å². The lowest BCUT2D eigenvalue weighted by Gasteiger charge is -1.98. The molecule has 0 aliphatic rings. The first-order chi connectivity index (χ1) is 7.80. The summed E-state index contributed by atoms with van der Waals surface area (Å²) in [5.41, 5.74) is -0.849. The van der Waals surface area contributed by atoms with Crippen LogP contribution in [0.25, 0.3) is 11.0 Å². The van der Waals surface area contributed by atoms with Crippen molar-refractivity contribution in [1.82, 2.24) is 9.97 Å². The van der Waals surface area contributed by atoms with E-state index in [1.165, 1.54) is 12.1 Å². The second kappa shape index (κ2) is 3.69. The van der Waals surface area contributed by atoms with Crippen LogP contribution in [0.4, 0.5) is 18.9 Å². The van der Waals surface area contributed by atoms with Crippen LogP contribution in [0.1, 0.15) is 5.82 Å². The van der Waals surface area contributed by atoms with Crippen molar-refractivity contribution in [3.8, 4) is 0 Å². The van der Waals surface area contributed by atoms with E-state index >= 15 is 0 Å². The molecular weight excluding hydrogens is 307 g/mol. The predicted molar refractivity (Wildman–Crippen MR) is 55.5 cm³/mol. The number of imidazole rings is 1. The maximum absolute atomic E-state index is 12.4. The number of nitro benzene ring substituents is 1. The van der Waals surface area contributed by atoms with Crippen molar-refractivity contribution in [3.63, 3.8) is 0 Å². The van der Waals surface area contributed by atoms with E-state index < -0.39 is 22.6 Å². The summed E-state index contributed by atoms with van der Waals surface area (Å²) < 4.78 is 37.2. The van der Waals surface area contributed by atoms with Crippen LogP contribution in [0.3, 0.4) is 0 Å². The molecule has 17 heavy (non-hydrogen) atoms. The molecule has 0 unspecified atom stereocenters. The molecule has 0 atom stereocenters. The van der Waals surface area contributed by atoms with Gasteiger partial charge in [-0.2, -0.15) is 13.2 Å². The van der Waals surface area contributed by atoms with Crippen LogP contribution in [-0.4, -0.2) is 14.9 Å². The number of fused-ring (bicyclic) bond motifs is 1. The minimum Gasteiger partial charge on any atom is -0.334 e. The van der Waals surface area contributed by atoms with Gasteiger partial charge in [-0.05, 0) is 28.1 Å². The summed E-state index contributed by atoms with van der Waals surface area (Å²) in [7, 11) is 0. The Morgan fingerprint density at radius 2 is 2.06 bits per heavy atom. The van der Waals surface area contributed by atoms with Gasteiger partial charge in [-0.1, -0.05) is 0 Å². The first kappa shape index (κ1) is 11.8. The number of aromatic amines is 1. The van der Waals surface area contributed by atoms with Gasteiger partial charge in [0.25, 0.3) is 0 Å². The molecule has 1 aromatic heterocycles. The first-order valence-electron chi connectivity index (χ1n) is 4.20. The monoisotopic (exact) mass is 309 g/mol. The van der Waals surface area contributed by atoms with Crippen LogP contribution in [0.15, 0.2) is 16.6 Å². The standard InChI is InChI=1S/C8H3BrF3N3O2/c9-3-1-2-4-5(6(3)15(16)17)14-7(13-4)8(10,11)12/h1-2H,(H,13,14). The Morgan fingerprint density at radius 1 is 1.41 bits per heavy atom. The van der Waals surface area contributed by atoms with Gasteiger partial charge in [-0.25, -0.2) is 4.98 Å². The largest absolute Gasteiger partial charge is 0.449 e. The summed E-state index contributed by atoms with van der Waals surface area (Å²) in [6, 6.07) is 2.58.